The van der Waals surface area contributed by atoms with Crippen LogP contribution < -0.4 is 19.2 Å². The van der Waals surface area contributed by atoms with Gasteiger partial charge in [0, 0.05) is 5.56 Å². The van der Waals surface area contributed by atoms with E-state index in [1.807, 2.05) is 78.9 Å². The molecule has 0 aliphatic carbocycles. The fourth-order valence-electron chi connectivity index (χ4n) is 3.36. The molecule has 6 heteroatoms. The summed E-state index contributed by atoms with van der Waals surface area (Å²) < 4.78 is 16.0. The van der Waals surface area contributed by atoms with Crippen molar-refractivity contribution >= 4 is 23.4 Å². The number of hydrogen-bond donors (Lipinski definition) is 0. The number of anilines is 1. The van der Waals surface area contributed by atoms with Crippen molar-refractivity contribution in [2.24, 2.45) is 5.10 Å². The van der Waals surface area contributed by atoms with E-state index >= 15 is 0 Å². The van der Waals surface area contributed by atoms with Gasteiger partial charge in [-0.05, 0) is 60.2 Å². The van der Waals surface area contributed by atoms with Gasteiger partial charge in [0.2, 0.25) is 0 Å². The van der Waals surface area contributed by atoms with Gasteiger partial charge in [0.25, 0.3) is 5.91 Å². The number of amides is 1. The van der Waals surface area contributed by atoms with Crippen LogP contribution in [-0.2, 0) is 4.79 Å². The van der Waals surface area contributed by atoms with Crippen molar-refractivity contribution in [2.45, 2.75) is 0 Å². The molecular weight excluding hydrogens is 392 g/mol. The Morgan fingerprint density at radius 2 is 1.52 bits per heavy atom. The number of hydrazone groups is 1. The summed E-state index contributed by atoms with van der Waals surface area (Å²) in [5.74, 6) is 1.74. The van der Waals surface area contributed by atoms with Crippen molar-refractivity contribution < 1.29 is 19.0 Å². The maximum atomic E-state index is 13.4. The maximum Gasteiger partial charge on any atom is 0.281 e. The molecule has 1 heterocycles. The molecule has 0 bridgehead atoms. The Morgan fingerprint density at radius 3 is 2.16 bits per heavy atom. The van der Waals surface area contributed by atoms with E-state index < -0.39 is 0 Å². The quantitative estimate of drug-likeness (QED) is 0.556. The minimum atomic E-state index is -0.202. The monoisotopic (exact) mass is 414 g/mol. The van der Waals surface area contributed by atoms with Crippen LogP contribution in [0.2, 0.25) is 0 Å². The number of hydrogen-bond acceptors (Lipinski definition) is 5. The number of para-hydroxylation sites is 1. The van der Waals surface area contributed by atoms with E-state index in [1.54, 1.807) is 21.3 Å². The van der Waals surface area contributed by atoms with Crippen molar-refractivity contribution in [3.63, 3.8) is 0 Å². The van der Waals surface area contributed by atoms with Gasteiger partial charge >= 0.3 is 0 Å². The van der Waals surface area contributed by atoms with E-state index in [0.29, 0.717) is 28.5 Å². The maximum absolute atomic E-state index is 13.4. The SMILES string of the molecule is COc1ccc(C2=NN(c3ccccc3)C(=O)/C2=C/c2ccc(OC)c(OC)c2)cc1. The van der Waals surface area contributed by atoms with Crippen LogP contribution in [0.15, 0.2) is 83.5 Å². The van der Waals surface area contributed by atoms with Crippen molar-refractivity contribution in [1.29, 1.82) is 0 Å². The highest BCUT2D eigenvalue weighted by molar-refractivity contribution is 6.37. The summed E-state index contributed by atoms with van der Waals surface area (Å²) >= 11 is 0. The van der Waals surface area contributed by atoms with Gasteiger partial charge in [0.15, 0.2) is 11.5 Å². The summed E-state index contributed by atoms with van der Waals surface area (Å²) in [6.45, 7) is 0. The molecule has 0 radical (unpaired) electrons. The highest BCUT2D eigenvalue weighted by Gasteiger charge is 2.32. The zero-order chi connectivity index (χ0) is 21.8. The van der Waals surface area contributed by atoms with Crippen LogP contribution in [0.5, 0.6) is 17.2 Å². The molecule has 0 saturated heterocycles. The van der Waals surface area contributed by atoms with Crippen LogP contribution in [0.4, 0.5) is 5.69 Å². The number of ether oxygens (including phenoxy) is 3. The first-order chi connectivity index (χ1) is 15.1. The normalized spacial score (nSPS) is 14.5. The van der Waals surface area contributed by atoms with Crippen LogP contribution >= 0.6 is 0 Å². The fourth-order valence-corrected chi connectivity index (χ4v) is 3.36. The Hall–Kier alpha value is -4.06. The molecule has 0 N–H and O–H groups in total. The van der Waals surface area contributed by atoms with Crippen LogP contribution in [0.3, 0.4) is 0 Å². The lowest BCUT2D eigenvalue weighted by atomic mass is 10.00. The van der Waals surface area contributed by atoms with E-state index in [9.17, 15) is 4.79 Å². The molecular formula is C25H22N2O4. The summed E-state index contributed by atoms with van der Waals surface area (Å²) in [6, 6.07) is 22.4. The molecule has 0 unspecified atom stereocenters. The van der Waals surface area contributed by atoms with E-state index in [4.69, 9.17) is 14.2 Å². The Bertz CT molecular complexity index is 1150. The van der Waals surface area contributed by atoms with E-state index in [1.165, 1.54) is 5.01 Å². The first kappa shape index (κ1) is 20.2. The van der Waals surface area contributed by atoms with Gasteiger partial charge < -0.3 is 14.2 Å². The first-order valence-corrected chi connectivity index (χ1v) is 9.71. The van der Waals surface area contributed by atoms with Gasteiger partial charge in [0.1, 0.15) is 11.5 Å². The minimum absolute atomic E-state index is 0.202. The van der Waals surface area contributed by atoms with E-state index in [0.717, 1.165) is 16.9 Å². The third kappa shape index (κ3) is 4.00. The minimum Gasteiger partial charge on any atom is -0.497 e. The average Bonchev–Trinajstić information content (AvgIpc) is 3.15. The topological polar surface area (TPSA) is 60.4 Å². The molecule has 1 amide bonds. The van der Waals surface area contributed by atoms with Gasteiger partial charge in [-0.15, -0.1) is 0 Å². The third-order valence-corrected chi connectivity index (χ3v) is 4.96. The molecule has 0 saturated carbocycles. The summed E-state index contributed by atoms with van der Waals surface area (Å²) in [7, 11) is 4.78. The van der Waals surface area contributed by atoms with Crippen molar-refractivity contribution in [3.8, 4) is 17.2 Å². The second-order valence-corrected chi connectivity index (χ2v) is 6.80. The second-order valence-electron chi connectivity index (χ2n) is 6.80. The lowest BCUT2D eigenvalue weighted by molar-refractivity contribution is -0.114. The summed E-state index contributed by atoms with van der Waals surface area (Å²) in [5, 5.41) is 6.08. The van der Waals surface area contributed by atoms with Crippen molar-refractivity contribution in [2.75, 3.05) is 26.3 Å². The van der Waals surface area contributed by atoms with Gasteiger partial charge in [-0.25, -0.2) is 0 Å². The molecule has 6 nitrogen and oxygen atoms in total. The molecule has 3 aromatic rings. The predicted octanol–water partition coefficient (Wildman–Crippen LogP) is 4.55. The van der Waals surface area contributed by atoms with Crippen LogP contribution in [0.25, 0.3) is 6.08 Å². The summed E-state index contributed by atoms with van der Waals surface area (Å²) in [6.07, 6.45) is 1.82. The molecule has 0 atom stereocenters. The third-order valence-electron chi connectivity index (χ3n) is 4.96. The Kier molecular flexibility index (Phi) is 5.71. The Labute approximate surface area is 181 Å². The molecule has 3 aromatic carbocycles. The molecule has 1 aliphatic rings. The predicted molar refractivity (Wildman–Crippen MR) is 121 cm³/mol. The number of methoxy groups -OCH3 is 3. The number of carbonyl (C=O) groups excluding carboxylic acids is 1. The smallest absolute Gasteiger partial charge is 0.281 e. The molecule has 156 valence electrons. The summed E-state index contributed by atoms with van der Waals surface area (Å²) in [5.41, 5.74) is 3.40. The molecule has 0 spiro atoms. The van der Waals surface area contributed by atoms with Crippen molar-refractivity contribution in [1.82, 2.24) is 0 Å². The second kappa shape index (κ2) is 8.75. The van der Waals surface area contributed by atoms with Crippen LogP contribution in [-0.4, -0.2) is 32.9 Å². The zero-order valence-electron chi connectivity index (χ0n) is 17.5. The fraction of sp³-hybridized carbons (Fsp3) is 0.120. The van der Waals surface area contributed by atoms with Gasteiger partial charge in [-0.2, -0.15) is 10.1 Å². The molecule has 31 heavy (non-hydrogen) atoms. The lowest BCUT2D eigenvalue weighted by Crippen LogP contribution is -2.21. The van der Waals surface area contributed by atoms with E-state index in [-0.39, 0.29) is 5.91 Å². The van der Waals surface area contributed by atoms with E-state index in [2.05, 4.69) is 5.10 Å². The number of nitrogens with zero attached hydrogens (tertiary/aromatic N) is 2. The van der Waals surface area contributed by atoms with Gasteiger partial charge in [-0.1, -0.05) is 24.3 Å². The van der Waals surface area contributed by atoms with Gasteiger partial charge in [0.05, 0.1) is 32.6 Å². The van der Waals surface area contributed by atoms with Crippen molar-refractivity contribution in [3.05, 3.63) is 89.5 Å². The number of carbonyl (C=O) groups is 1. The van der Waals surface area contributed by atoms with Crippen LogP contribution in [0, 0.1) is 0 Å². The highest BCUT2D eigenvalue weighted by Crippen LogP contribution is 2.31. The lowest BCUT2D eigenvalue weighted by Gasteiger charge is -2.11. The Balaban J connectivity index is 1.81. The highest BCUT2D eigenvalue weighted by atomic mass is 16.5. The molecule has 0 fully saturated rings. The number of rotatable bonds is 6. The molecule has 0 aromatic heterocycles. The standard InChI is InChI=1S/C25H22N2O4/c1-29-20-12-10-18(11-13-20)24-21(15-17-9-14-22(30-2)23(16-17)31-3)25(28)27(26-24)19-7-5-4-6-8-19/h4-16H,1-3H3/b21-15+. The zero-order valence-corrected chi connectivity index (χ0v) is 17.5. The van der Waals surface area contributed by atoms with Crippen LogP contribution in [0.1, 0.15) is 11.1 Å². The summed E-state index contributed by atoms with van der Waals surface area (Å²) in [4.78, 5) is 13.4. The molecule has 4 rings (SSSR count). The van der Waals surface area contributed by atoms with Gasteiger partial charge in [-0.3, -0.25) is 4.79 Å². The molecule has 1 aliphatic heterocycles. The first-order valence-electron chi connectivity index (χ1n) is 9.71. The average molecular weight is 414 g/mol. The number of benzene rings is 3. The Morgan fingerprint density at radius 1 is 0.806 bits per heavy atom. The largest absolute Gasteiger partial charge is 0.497 e.